The van der Waals surface area contributed by atoms with Crippen LogP contribution in [0.3, 0.4) is 0 Å². The van der Waals surface area contributed by atoms with E-state index in [4.69, 9.17) is 9.47 Å². The summed E-state index contributed by atoms with van der Waals surface area (Å²) >= 11 is 0. The van der Waals surface area contributed by atoms with E-state index in [-0.39, 0.29) is 28.9 Å². The summed E-state index contributed by atoms with van der Waals surface area (Å²) in [5, 5.41) is 13.5. The van der Waals surface area contributed by atoms with Crippen molar-refractivity contribution in [2.45, 2.75) is 58.2 Å². The molecule has 0 spiro atoms. The van der Waals surface area contributed by atoms with Crippen LogP contribution in [0.2, 0.25) is 0 Å². The smallest absolute Gasteiger partial charge is 0.415 e. The van der Waals surface area contributed by atoms with Crippen LogP contribution >= 0.6 is 0 Å². The minimum absolute atomic E-state index is 0.0416. The van der Waals surface area contributed by atoms with E-state index in [1.807, 2.05) is 14.0 Å². The fraction of sp³-hybridized carbons (Fsp3) is 0.483. The number of aliphatic hydroxyl groups is 1. The molecule has 2 atom stereocenters. The number of aryl methyl sites for hydroxylation is 1. The highest BCUT2D eigenvalue weighted by Crippen LogP contribution is 2.42. The predicted octanol–water partition coefficient (Wildman–Crippen LogP) is 5.26. The second-order valence-electron chi connectivity index (χ2n) is 11.0. The first-order valence-corrected chi connectivity index (χ1v) is 13.3. The zero-order valence-corrected chi connectivity index (χ0v) is 24.3. The van der Waals surface area contributed by atoms with Gasteiger partial charge in [0.25, 0.3) is 0 Å². The van der Waals surface area contributed by atoms with Crippen LogP contribution in [0, 0.1) is 12.7 Å². The Hall–Kier alpha value is -3.64. The monoisotopic (exact) mass is 575 g/mol. The second kappa shape index (κ2) is 11.3. The largest absolute Gasteiger partial charge is 0.493 e. The molecule has 9 nitrogen and oxygen atoms in total. The van der Waals surface area contributed by atoms with Gasteiger partial charge in [-0.25, -0.2) is 19.2 Å². The molecule has 1 saturated heterocycles. The average molecular weight is 576 g/mol. The number of fused-ring (bicyclic) bond motifs is 1. The third-order valence-electron chi connectivity index (χ3n) is 7.31. The van der Waals surface area contributed by atoms with Gasteiger partial charge in [-0.05, 0) is 53.8 Å². The lowest BCUT2D eigenvalue weighted by atomic mass is 9.91. The Morgan fingerprint density at radius 1 is 1.20 bits per heavy atom. The summed E-state index contributed by atoms with van der Waals surface area (Å²) in [4.78, 5) is 25.8. The lowest BCUT2D eigenvalue weighted by Gasteiger charge is -2.37. The van der Waals surface area contributed by atoms with Crippen LogP contribution in [-0.2, 0) is 5.92 Å². The molecule has 2 N–H and O–H groups in total. The Morgan fingerprint density at radius 2 is 1.90 bits per heavy atom. The number of likely N-dealkylation sites (N-methyl/N-ethyl adjacent to an activating group) is 1. The van der Waals surface area contributed by atoms with Gasteiger partial charge in [0.05, 0.1) is 24.2 Å². The number of methoxy groups -OCH3 is 1. The van der Waals surface area contributed by atoms with E-state index in [1.54, 1.807) is 30.9 Å². The molecule has 2 heterocycles. The topological polar surface area (TPSA) is 100 Å². The summed E-state index contributed by atoms with van der Waals surface area (Å²) in [6, 6.07) is 5.98. The van der Waals surface area contributed by atoms with E-state index in [1.165, 1.54) is 19.2 Å². The molecule has 3 aromatic rings. The summed E-state index contributed by atoms with van der Waals surface area (Å²) in [7, 11) is 3.44. The zero-order valence-electron chi connectivity index (χ0n) is 24.3. The molecule has 12 heteroatoms. The molecule has 4 rings (SSSR count). The lowest BCUT2D eigenvalue weighted by Crippen LogP contribution is -2.53. The van der Waals surface area contributed by atoms with E-state index >= 15 is 4.39 Å². The Balaban J connectivity index is 1.69. The average Bonchev–Trinajstić information content (AvgIpc) is 2.87. The van der Waals surface area contributed by atoms with E-state index < -0.39 is 35.0 Å². The number of anilines is 1. The molecular weight excluding hydrogens is 539 g/mol. The normalized spacial score (nSPS) is 17.4. The molecule has 2 aromatic carbocycles. The third-order valence-corrected chi connectivity index (χ3v) is 7.31. The number of hydrogen-bond donors (Lipinski definition) is 2. The van der Waals surface area contributed by atoms with Gasteiger partial charge in [0.1, 0.15) is 23.1 Å². The minimum atomic E-state index is -3.83. The number of rotatable bonds is 7. The molecule has 0 bridgehead atoms. The maximum Gasteiger partial charge on any atom is 0.415 e. The number of halogens is 3. The van der Waals surface area contributed by atoms with Gasteiger partial charge < -0.3 is 29.7 Å². The van der Waals surface area contributed by atoms with Crippen LogP contribution in [0.4, 0.5) is 23.8 Å². The highest BCUT2D eigenvalue weighted by molar-refractivity contribution is 5.92. The molecule has 1 fully saturated rings. The van der Waals surface area contributed by atoms with Gasteiger partial charge in [-0.2, -0.15) is 8.78 Å². The van der Waals surface area contributed by atoms with Gasteiger partial charge in [-0.3, -0.25) is 0 Å². The number of carbonyl (C=O) groups excluding carboxylic acids is 1. The number of ether oxygens (including phenoxy) is 2. The number of amides is 1. The number of nitrogens with zero attached hydrogens (tertiary/aromatic N) is 4. The first kappa shape index (κ1) is 30.3. The van der Waals surface area contributed by atoms with Crippen molar-refractivity contribution in [3.05, 3.63) is 53.1 Å². The summed E-state index contributed by atoms with van der Waals surface area (Å²) in [5.41, 5.74) is -2.95. The van der Waals surface area contributed by atoms with Crippen LogP contribution in [0.15, 0.2) is 30.3 Å². The zero-order chi connectivity index (χ0) is 30.3. The fourth-order valence-corrected chi connectivity index (χ4v) is 4.90. The van der Waals surface area contributed by atoms with Gasteiger partial charge in [0, 0.05) is 42.7 Å². The van der Waals surface area contributed by atoms with E-state index in [2.05, 4.69) is 20.2 Å². The molecule has 0 aliphatic carbocycles. The molecule has 1 aliphatic rings. The van der Waals surface area contributed by atoms with E-state index in [0.717, 1.165) is 19.9 Å². The molecule has 1 aliphatic heterocycles. The van der Waals surface area contributed by atoms with Crippen LogP contribution < -0.4 is 14.8 Å². The summed E-state index contributed by atoms with van der Waals surface area (Å²) in [5.74, 6) is -3.84. The van der Waals surface area contributed by atoms with Gasteiger partial charge in [0.2, 0.25) is 0 Å². The van der Waals surface area contributed by atoms with Crippen LogP contribution in [0.1, 0.15) is 50.7 Å². The fourth-order valence-electron chi connectivity index (χ4n) is 4.90. The SMILES string of the molecule is COc1cc2nc(C)nc(N[C@H](C)c3cccc(C(F)(F)C(C)(C)O)c3F)c2cc1OC(=O)N1CCN(C)CC1C. The van der Waals surface area contributed by atoms with Crippen molar-refractivity contribution in [3.8, 4) is 11.5 Å². The van der Waals surface area contributed by atoms with Gasteiger partial charge >= 0.3 is 12.0 Å². The number of alkyl halides is 2. The van der Waals surface area contributed by atoms with Gasteiger partial charge in [-0.15, -0.1) is 0 Å². The predicted molar refractivity (Wildman–Crippen MR) is 149 cm³/mol. The first-order chi connectivity index (χ1) is 19.1. The van der Waals surface area contributed by atoms with Crippen molar-refractivity contribution in [2.24, 2.45) is 0 Å². The molecule has 1 aromatic heterocycles. The van der Waals surface area contributed by atoms with Crippen molar-refractivity contribution in [1.82, 2.24) is 19.8 Å². The van der Waals surface area contributed by atoms with Gasteiger partial charge in [-0.1, -0.05) is 12.1 Å². The quantitative estimate of drug-likeness (QED) is 0.394. The number of carbonyl (C=O) groups is 1. The van der Waals surface area contributed by atoms with Crippen LogP contribution in [0.25, 0.3) is 10.9 Å². The van der Waals surface area contributed by atoms with Crippen molar-refractivity contribution >= 4 is 22.8 Å². The van der Waals surface area contributed by atoms with Crippen molar-refractivity contribution in [3.63, 3.8) is 0 Å². The van der Waals surface area contributed by atoms with Gasteiger partial charge in [0.15, 0.2) is 11.5 Å². The Morgan fingerprint density at radius 3 is 2.54 bits per heavy atom. The third kappa shape index (κ3) is 6.03. The number of hydrogen-bond acceptors (Lipinski definition) is 8. The summed E-state index contributed by atoms with van der Waals surface area (Å²) < 4.78 is 56.4. The first-order valence-electron chi connectivity index (χ1n) is 13.3. The molecule has 222 valence electrons. The molecule has 0 radical (unpaired) electrons. The number of nitrogens with one attached hydrogen (secondary N) is 1. The maximum atomic E-state index is 15.4. The molecule has 1 unspecified atom stereocenters. The molecule has 41 heavy (non-hydrogen) atoms. The lowest BCUT2D eigenvalue weighted by molar-refractivity contribution is -0.170. The standard InChI is InChI=1S/C29H36F3N5O4/c1-16-15-36(6)11-12-37(16)27(38)41-24-13-20-22(14-23(24)40-7)34-18(3)35-26(20)33-17(2)19-9-8-10-21(25(19)30)29(31,32)28(4,5)39/h8-10,13-14,16-17,39H,11-12,15H2,1-7H3,(H,33,34,35)/t16?,17-/m1/s1. The van der Waals surface area contributed by atoms with Crippen LogP contribution in [-0.4, -0.2) is 76.4 Å². The number of piperazine rings is 1. The molecule has 0 saturated carbocycles. The molecule has 1 amide bonds. The van der Waals surface area contributed by atoms with Crippen LogP contribution in [0.5, 0.6) is 11.5 Å². The van der Waals surface area contributed by atoms with Crippen molar-refractivity contribution in [1.29, 1.82) is 0 Å². The van der Waals surface area contributed by atoms with E-state index in [0.29, 0.717) is 36.4 Å². The van der Waals surface area contributed by atoms with E-state index in [9.17, 15) is 18.7 Å². The Bertz CT molecular complexity index is 1450. The van der Waals surface area contributed by atoms with Crippen molar-refractivity contribution in [2.75, 3.05) is 39.1 Å². The summed E-state index contributed by atoms with van der Waals surface area (Å²) in [6.45, 7) is 9.02. The highest BCUT2D eigenvalue weighted by Gasteiger charge is 2.49. The Kier molecular flexibility index (Phi) is 8.38. The number of aromatic nitrogens is 2. The Labute approximate surface area is 237 Å². The highest BCUT2D eigenvalue weighted by atomic mass is 19.3. The van der Waals surface area contributed by atoms with Crippen molar-refractivity contribution < 1.29 is 32.5 Å². The number of benzene rings is 2. The second-order valence-corrected chi connectivity index (χ2v) is 11.0. The molecular formula is C29H36F3N5O4. The minimum Gasteiger partial charge on any atom is -0.493 e. The maximum absolute atomic E-state index is 15.4. The summed E-state index contributed by atoms with van der Waals surface area (Å²) in [6.07, 6.45) is -0.522.